The Labute approximate surface area is 94.8 Å². The van der Waals surface area contributed by atoms with Gasteiger partial charge < -0.3 is 10.1 Å². The highest BCUT2D eigenvalue weighted by molar-refractivity contribution is 4.82. The van der Waals surface area contributed by atoms with E-state index in [9.17, 15) is 0 Å². The van der Waals surface area contributed by atoms with Gasteiger partial charge in [-0.3, -0.25) is 0 Å². The van der Waals surface area contributed by atoms with Crippen LogP contribution in [0.5, 0.6) is 0 Å². The van der Waals surface area contributed by atoms with E-state index < -0.39 is 0 Å². The molecule has 1 saturated carbocycles. The molecule has 1 rings (SSSR count). The number of nitrogens with one attached hydrogen (secondary N) is 1. The maximum absolute atomic E-state index is 5.52. The summed E-state index contributed by atoms with van der Waals surface area (Å²) in [5.41, 5.74) is 0.435. The van der Waals surface area contributed by atoms with Gasteiger partial charge in [0.15, 0.2) is 0 Å². The molecular weight excluding hydrogens is 186 g/mol. The minimum atomic E-state index is 0.435. The summed E-state index contributed by atoms with van der Waals surface area (Å²) in [6.45, 7) is 8.00. The first-order valence-electron chi connectivity index (χ1n) is 6.29. The molecule has 0 aliphatic heterocycles. The second-order valence-electron chi connectivity index (χ2n) is 5.93. The maximum Gasteiger partial charge on any atom is 0.0724 e. The van der Waals surface area contributed by atoms with Gasteiger partial charge >= 0.3 is 0 Å². The van der Waals surface area contributed by atoms with Gasteiger partial charge in [-0.15, -0.1) is 0 Å². The Morgan fingerprint density at radius 3 is 2.47 bits per heavy atom. The smallest absolute Gasteiger partial charge is 0.0724 e. The Morgan fingerprint density at radius 2 is 1.87 bits per heavy atom. The highest BCUT2D eigenvalue weighted by atomic mass is 16.5. The van der Waals surface area contributed by atoms with Crippen molar-refractivity contribution in [2.75, 3.05) is 13.7 Å². The van der Waals surface area contributed by atoms with Crippen molar-refractivity contribution in [2.45, 2.75) is 65.0 Å². The summed E-state index contributed by atoms with van der Waals surface area (Å²) in [5.74, 6) is 0. The van der Waals surface area contributed by atoms with Crippen LogP contribution >= 0.6 is 0 Å². The van der Waals surface area contributed by atoms with E-state index >= 15 is 0 Å². The molecule has 0 radical (unpaired) electrons. The summed E-state index contributed by atoms with van der Waals surface area (Å²) < 4.78 is 5.52. The monoisotopic (exact) mass is 213 g/mol. The fourth-order valence-electron chi connectivity index (χ4n) is 2.25. The Kier molecular flexibility index (Phi) is 5.07. The summed E-state index contributed by atoms with van der Waals surface area (Å²) in [5, 5.41) is 3.65. The van der Waals surface area contributed by atoms with Gasteiger partial charge in [0.25, 0.3) is 0 Å². The Morgan fingerprint density at radius 1 is 1.20 bits per heavy atom. The third-order valence-corrected chi connectivity index (χ3v) is 3.29. The Bertz CT molecular complexity index is 174. The van der Waals surface area contributed by atoms with Crippen LogP contribution in [0, 0.1) is 5.41 Å². The molecule has 0 aromatic rings. The minimum Gasteiger partial charge on any atom is -0.380 e. The fourth-order valence-corrected chi connectivity index (χ4v) is 2.25. The van der Waals surface area contributed by atoms with E-state index in [0.29, 0.717) is 17.6 Å². The number of rotatable bonds is 4. The zero-order chi connectivity index (χ0) is 11.3. The van der Waals surface area contributed by atoms with E-state index in [4.69, 9.17) is 4.74 Å². The molecule has 1 aliphatic carbocycles. The number of hydrogen-bond donors (Lipinski definition) is 1. The highest BCUT2D eigenvalue weighted by Crippen LogP contribution is 2.22. The second kappa shape index (κ2) is 5.86. The van der Waals surface area contributed by atoms with Crippen molar-refractivity contribution in [3.8, 4) is 0 Å². The molecule has 90 valence electrons. The van der Waals surface area contributed by atoms with Gasteiger partial charge in [-0.2, -0.15) is 0 Å². The predicted molar refractivity (Wildman–Crippen MR) is 65.1 cm³/mol. The Balaban J connectivity index is 2.23. The summed E-state index contributed by atoms with van der Waals surface area (Å²) in [6.07, 6.45) is 6.87. The second-order valence-corrected chi connectivity index (χ2v) is 5.93. The predicted octanol–water partition coefficient (Wildman–Crippen LogP) is 2.97. The van der Waals surface area contributed by atoms with Gasteiger partial charge in [-0.05, 0) is 31.2 Å². The molecule has 2 nitrogen and oxygen atoms in total. The van der Waals surface area contributed by atoms with Gasteiger partial charge in [0.1, 0.15) is 0 Å². The third-order valence-electron chi connectivity index (χ3n) is 3.29. The van der Waals surface area contributed by atoms with Crippen LogP contribution in [-0.4, -0.2) is 25.8 Å². The average Bonchev–Trinajstić information content (AvgIpc) is 2.16. The van der Waals surface area contributed by atoms with E-state index in [2.05, 4.69) is 26.1 Å². The SMILES string of the molecule is COC1CCCCC1NCCC(C)(C)C. The molecular formula is C13H27NO. The van der Waals surface area contributed by atoms with Crippen molar-refractivity contribution in [2.24, 2.45) is 5.41 Å². The van der Waals surface area contributed by atoms with Crippen molar-refractivity contribution < 1.29 is 4.74 Å². The molecule has 0 saturated heterocycles. The quantitative estimate of drug-likeness (QED) is 0.775. The van der Waals surface area contributed by atoms with Crippen LogP contribution in [0.2, 0.25) is 0 Å². The summed E-state index contributed by atoms with van der Waals surface area (Å²) >= 11 is 0. The van der Waals surface area contributed by atoms with Gasteiger partial charge in [0.05, 0.1) is 6.10 Å². The molecule has 15 heavy (non-hydrogen) atoms. The first-order valence-corrected chi connectivity index (χ1v) is 6.29. The van der Waals surface area contributed by atoms with Crippen LogP contribution in [0.15, 0.2) is 0 Å². The number of hydrogen-bond acceptors (Lipinski definition) is 2. The van der Waals surface area contributed by atoms with Crippen LogP contribution in [0.3, 0.4) is 0 Å². The van der Waals surface area contributed by atoms with Crippen molar-refractivity contribution in [1.82, 2.24) is 5.32 Å². The number of methoxy groups -OCH3 is 1. The van der Waals surface area contributed by atoms with E-state index in [1.165, 1.54) is 32.1 Å². The van der Waals surface area contributed by atoms with E-state index in [0.717, 1.165) is 6.54 Å². The lowest BCUT2D eigenvalue weighted by Gasteiger charge is -2.32. The molecule has 0 aromatic heterocycles. The third kappa shape index (κ3) is 4.98. The van der Waals surface area contributed by atoms with E-state index in [-0.39, 0.29) is 0 Å². The standard InChI is InChI=1S/C13H27NO/c1-13(2,3)9-10-14-11-7-5-6-8-12(11)15-4/h11-12,14H,5-10H2,1-4H3. The molecule has 1 fully saturated rings. The van der Waals surface area contributed by atoms with E-state index in [1.54, 1.807) is 0 Å². The lowest BCUT2D eigenvalue weighted by atomic mass is 9.90. The van der Waals surface area contributed by atoms with E-state index in [1.807, 2.05) is 7.11 Å². The highest BCUT2D eigenvalue weighted by Gasteiger charge is 2.24. The number of ether oxygens (including phenoxy) is 1. The van der Waals surface area contributed by atoms with Crippen molar-refractivity contribution >= 4 is 0 Å². The lowest BCUT2D eigenvalue weighted by molar-refractivity contribution is 0.0411. The van der Waals surface area contributed by atoms with Gasteiger partial charge in [0.2, 0.25) is 0 Å². The molecule has 2 unspecified atom stereocenters. The van der Waals surface area contributed by atoms with Gasteiger partial charge in [-0.1, -0.05) is 33.6 Å². The lowest BCUT2D eigenvalue weighted by Crippen LogP contribution is -2.44. The topological polar surface area (TPSA) is 21.3 Å². The molecule has 0 heterocycles. The molecule has 0 aromatic carbocycles. The first kappa shape index (κ1) is 13.0. The molecule has 2 atom stereocenters. The van der Waals surface area contributed by atoms with Crippen LogP contribution < -0.4 is 5.32 Å². The summed E-state index contributed by atoms with van der Waals surface area (Å²) in [6, 6.07) is 0.589. The van der Waals surface area contributed by atoms with Crippen LogP contribution in [-0.2, 0) is 4.74 Å². The molecule has 1 N–H and O–H groups in total. The first-order chi connectivity index (χ1) is 7.03. The maximum atomic E-state index is 5.52. The van der Waals surface area contributed by atoms with Crippen LogP contribution in [0.25, 0.3) is 0 Å². The average molecular weight is 213 g/mol. The fraction of sp³-hybridized carbons (Fsp3) is 1.00. The zero-order valence-corrected chi connectivity index (χ0v) is 10.8. The van der Waals surface area contributed by atoms with Crippen LogP contribution in [0.1, 0.15) is 52.9 Å². The molecule has 1 aliphatic rings. The molecule has 0 bridgehead atoms. The van der Waals surface area contributed by atoms with Crippen molar-refractivity contribution in [1.29, 1.82) is 0 Å². The zero-order valence-electron chi connectivity index (χ0n) is 10.8. The van der Waals surface area contributed by atoms with Gasteiger partial charge in [-0.25, -0.2) is 0 Å². The Hall–Kier alpha value is -0.0800. The minimum absolute atomic E-state index is 0.435. The molecule has 2 heteroatoms. The summed E-state index contributed by atoms with van der Waals surface area (Å²) in [7, 11) is 1.84. The summed E-state index contributed by atoms with van der Waals surface area (Å²) in [4.78, 5) is 0. The molecule has 0 amide bonds. The van der Waals surface area contributed by atoms with Gasteiger partial charge in [0, 0.05) is 13.2 Å². The normalized spacial score (nSPS) is 28.0. The van der Waals surface area contributed by atoms with Crippen molar-refractivity contribution in [3.63, 3.8) is 0 Å². The molecule has 0 spiro atoms. The van der Waals surface area contributed by atoms with Crippen LogP contribution in [0.4, 0.5) is 0 Å². The largest absolute Gasteiger partial charge is 0.380 e. The van der Waals surface area contributed by atoms with Crippen molar-refractivity contribution in [3.05, 3.63) is 0 Å².